The van der Waals surface area contributed by atoms with Crippen molar-refractivity contribution in [1.29, 1.82) is 0 Å². The van der Waals surface area contributed by atoms with E-state index in [1.807, 2.05) is 11.0 Å². The number of ether oxygens (including phenoxy) is 2. The number of rotatable bonds is 7. The normalized spacial score (nSPS) is 17.6. The summed E-state index contributed by atoms with van der Waals surface area (Å²) in [6.07, 6.45) is 4.41. The first-order valence-corrected chi connectivity index (χ1v) is 7.91. The molecule has 1 aromatic rings. The van der Waals surface area contributed by atoms with E-state index in [9.17, 15) is 4.79 Å². The lowest BCUT2D eigenvalue weighted by Crippen LogP contribution is -2.29. The number of methoxy groups -OCH3 is 2. The number of carbonyl (C=O) groups excluding carboxylic acids is 1. The molecule has 1 amide bonds. The summed E-state index contributed by atoms with van der Waals surface area (Å²) < 4.78 is 10.7. The van der Waals surface area contributed by atoms with Crippen molar-refractivity contribution in [2.75, 3.05) is 33.9 Å². The van der Waals surface area contributed by atoms with Crippen LogP contribution < -0.4 is 15.2 Å². The summed E-state index contributed by atoms with van der Waals surface area (Å²) in [5.74, 6) is 1.71. The first-order chi connectivity index (χ1) is 10.7. The van der Waals surface area contributed by atoms with Crippen molar-refractivity contribution in [3.05, 3.63) is 23.8 Å². The summed E-state index contributed by atoms with van der Waals surface area (Å²) >= 11 is 0. The third-order valence-electron chi connectivity index (χ3n) is 4.28. The van der Waals surface area contributed by atoms with Crippen LogP contribution in [0.4, 0.5) is 0 Å². The Bertz CT molecular complexity index is 482. The Hall–Kier alpha value is -1.75. The summed E-state index contributed by atoms with van der Waals surface area (Å²) in [6.45, 7) is 2.35. The van der Waals surface area contributed by atoms with Crippen LogP contribution in [-0.2, 0) is 0 Å². The van der Waals surface area contributed by atoms with Crippen molar-refractivity contribution in [1.82, 2.24) is 4.90 Å². The zero-order valence-electron chi connectivity index (χ0n) is 13.5. The van der Waals surface area contributed by atoms with Crippen molar-refractivity contribution in [2.45, 2.75) is 25.7 Å². The molecule has 1 fully saturated rings. The van der Waals surface area contributed by atoms with E-state index in [0.29, 0.717) is 23.0 Å². The number of unbranched alkanes of at least 4 members (excludes halogenated alkanes) is 1. The lowest BCUT2D eigenvalue weighted by atomic mass is 10.0. The highest BCUT2D eigenvalue weighted by Gasteiger charge is 2.30. The van der Waals surface area contributed by atoms with Gasteiger partial charge in [0.25, 0.3) is 5.91 Å². The second-order valence-electron chi connectivity index (χ2n) is 5.73. The smallest absolute Gasteiger partial charge is 0.261 e. The van der Waals surface area contributed by atoms with Crippen molar-refractivity contribution < 1.29 is 14.3 Å². The predicted octanol–water partition coefficient (Wildman–Crippen LogP) is 2.29. The van der Waals surface area contributed by atoms with Crippen LogP contribution in [0.15, 0.2) is 18.2 Å². The van der Waals surface area contributed by atoms with Gasteiger partial charge in [-0.2, -0.15) is 0 Å². The van der Waals surface area contributed by atoms with Crippen molar-refractivity contribution in [3.63, 3.8) is 0 Å². The van der Waals surface area contributed by atoms with Gasteiger partial charge in [-0.05, 0) is 43.9 Å². The average molecular weight is 306 g/mol. The Balaban J connectivity index is 2.06. The van der Waals surface area contributed by atoms with E-state index in [4.69, 9.17) is 15.2 Å². The fourth-order valence-electron chi connectivity index (χ4n) is 3.05. The largest absolute Gasteiger partial charge is 0.496 e. The van der Waals surface area contributed by atoms with Gasteiger partial charge in [-0.3, -0.25) is 4.79 Å². The minimum absolute atomic E-state index is 0.00405. The molecule has 0 radical (unpaired) electrons. The molecule has 0 spiro atoms. The Morgan fingerprint density at radius 1 is 1.27 bits per heavy atom. The molecule has 5 nitrogen and oxygen atoms in total. The van der Waals surface area contributed by atoms with Crippen molar-refractivity contribution in [2.24, 2.45) is 11.7 Å². The Morgan fingerprint density at radius 2 is 1.95 bits per heavy atom. The van der Waals surface area contributed by atoms with E-state index in [0.717, 1.165) is 45.3 Å². The molecule has 22 heavy (non-hydrogen) atoms. The Kier molecular flexibility index (Phi) is 6.07. The minimum atomic E-state index is -0.00405. The molecule has 2 N–H and O–H groups in total. The molecular formula is C17H26N2O3. The van der Waals surface area contributed by atoms with E-state index in [1.165, 1.54) is 0 Å². The molecular weight excluding hydrogens is 280 g/mol. The summed E-state index contributed by atoms with van der Waals surface area (Å²) in [5.41, 5.74) is 6.06. The van der Waals surface area contributed by atoms with Crippen molar-refractivity contribution >= 4 is 5.91 Å². The second-order valence-corrected chi connectivity index (χ2v) is 5.73. The van der Waals surface area contributed by atoms with E-state index in [2.05, 4.69) is 0 Å². The summed E-state index contributed by atoms with van der Waals surface area (Å²) in [4.78, 5) is 14.7. The summed E-state index contributed by atoms with van der Waals surface area (Å²) in [7, 11) is 3.15. The average Bonchev–Trinajstić information content (AvgIpc) is 3.02. The second kappa shape index (κ2) is 8.03. The van der Waals surface area contributed by atoms with Gasteiger partial charge >= 0.3 is 0 Å². The van der Waals surface area contributed by atoms with Crippen LogP contribution in [0.5, 0.6) is 11.5 Å². The van der Waals surface area contributed by atoms with Crippen LogP contribution >= 0.6 is 0 Å². The van der Waals surface area contributed by atoms with Gasteiger partial charge in [0.15, 0.2) is 0 Å². The Labute approximate surface area is 132 Å². The number of benzene rings is 1. The molecule has 1 saturated heterocycles. The molecule has 0 bridgehead atoms. The van der Waals surface area contributed by atoms with Gasteiger partial charge in [0.05, 0.1) is 14.2 Å². The fourth-order valence-corrected chi connectivity index (χ4v) is 3.05. The van der Waals surface area contributed by atoms with Gasteiger partial charge in [0.1, 0.15) is 17.1 Å². The van der Waals surface area contributed by atoms with E-state index in [-0.39, 0.29) is 5.91 Å². The SMILES string of the molecule is COc1cccc(OC)c1C(=O)N1CCC(CCCCN)C1. The fraction of sp³-hybridized carbons (Fsp3) is 0.588. The molecule has 1 aromatic carbocycles. The third kappa shape index (κ3) is 3.71. The lowest BCUT2D eigenvalue weighted by Gasteiger charge is -2.20. The first-order valence-electron chi connectivity index (χ1n) is 7.91. The maximum absolute atomic E-state index is 12.8. The minimum Gasteiger partial charge on any atom is -0.496 e. The topological polar surface area (TPSA) is 64.8 Å². The van der Waals surface area contributed by atoms with E-state index < -0.39 is 0 Å². The number of hydrogen-bond acceptors (Lipinski definition) is 4. The third-order valence-corrected chi connectivity index (χ3v) is 4.28. The maximum Gasteiger partial charge on any atom is 0.261 e. The van der Waals surface area contributed by atoms with Crippen LogP contribution in [0.25, 0.3) is 0 Å². The molecule has 2 rings (SSSR count). The Morgan fingerprint density at radius 3 is 2.55 bits per heavy atom. The first kappa shape index (κ1) is 16.6. The number of nitrogens with two attached hydrogens (primary N) is 1. The number of amides is 1. The molecule has 1 unspecified atom stereocenters. The van der Waals surface area contributed by atoms with Crippen LogP contribution in [0.1, 0.15) is 36.0 Å². The lowest BCUT2D eigenvalue weighted by molar-refractivity contribution is 0.0779. The number of hydrogen-bond donors (Lipinski definition) is 1. The quantitative estimate of drug-likeness (QED) is 0.785. The van der Waals surface area contributed by atoms with Crippen LogP contribution in [0, 0.1) is 5.92 Å². The van der Waals surface area contributed by atoms with Gasteiger partial charge < -0.3 is 20.1 Å². The summed E-state index contributed by atoms with van der Waals surface area (Å²) in [5, 5.41) is 0. The standard InChI is InChI=1S/C17H26N2O3/c1-21-14-7-5-8-15(22-2)16(14)17(20)19-11-9-13(12-19)6-3-4-10-18/h5,7-8,13H,3-4,6,9-12,18H2,1-2H3. The van der Waals surface area contributed by atoms with E-state index in [1.54, 1.807) is 26.4 Å². The molecule has 1 heterocycles. The molecule has 1 aliphatic rings. The highest BCUT2D eigenvalue weighted by atomic mass is 16.5. The number of nitrogens with zero attached hydrogens (tertiary/aromatic N) is 1. The monoisotopic (exact) mass is 306 g/mol. The molecule has 1 atom stereocenters. The molecule has 122 valence electrons. The van der Waals surface area contributed by atoms with Gasteiger partial charge in [0, 0.05) is 13.1 Å². The molecule has 0 aliphatic carbocycles. The number of carbonyl (C=O) groups is 1. The summed E-state index contributed by atoms with van der Waals surface area (Å²) in [6, 6.07) is 5.42. The van der Waals surface area contributed by atoms with Gasteiger partial charge in [0.2, 0.25) is 0 Å². The zero-order chi connectivity index (χ0) is 15.9. The number of likely N-dealkylation sites (tertiary alicyclic amines) is 1. The van der Waals surface area contributed by atoms with Gasteiger partial charge in [-0.1, -0.05) is 12.5 Å². The highest BCUT2D eigenvalue weighted by Crippen LogP contribution is 2.32. The van der Waals surface area contributed by atoms with Gasteiger partial charge in [-0.25, -0.2) is 0 Å². The molecule has 0 saturated carbocycles. The van der Waals surface area contributed by atoms with E-state index >= 15 is 0 Å². The maximum atomic E-state index is 12.8. The van der Waals surface area contributed by atoms with Crippen molar-refractivity contribution in [3.8, 4) is 11.5 Å². The van der Waals surface area contributed by atoms with Crippen LogP contribution in [0.2, 0.25) is 0 Å². The van der Waals surface area contributed by atoms with Crippen LogP contribution in [-0.4, -0.2) is 44.7 Å². The predicted molar refractivity (Wildman–Crippen MR) is 86.5 cm³/mol. The molecule has 0 aromatic heterocycles. The van der Waals surface area contributed by atoms with Gasteiger partial charge in [-0.15, -0.1) is 0 Å². The highest BCUT2D eigenvalue weighted by molar-refractivity contribution is 5.99. The zero-order valence-corrected chi connectivity index (χ0v) is 13.5. The molecule has 1 aliphatic heterocycles. The molecule has 5 heteroatoms. The van der Waals surface area contributed by atoms with Crippen LogP contribution in [0.3, 0.4) is 0 Å².